The van der Waals surface area contributed by atoms with Crippen molar-refractivity contribution < 1.29 is 0 Å². The summed E-state index contributed by atoms with van der Waals surface area (Å²) >= 11 is 6.07. The third-order valence-electron chi connectivity index (χ3n) is 3.14. The van der Waals surface area contributed by atoms with Crippen LogP contribution in [-0.4, -0.2) is 5.71 Å². The monoisotopic (exact) mass is 250 g/mol. The quantitative estimate of drug-likeness (QED) is 0.746. The summed E-state index contributed by atoms with van der Waals surface area (Å²) in [5, 5.41) is 5.22. The molecule has 1 aromatic rings. The number of benzene rings is 1. The fraction of sp³-hybridized carbons (Fsp3) is 0.500. The summed E-state index contributed by atoms with van der Waals surface area (Å²) in [7, 11) is 0. The summed E-state index contributed by atoms with van der Waals surface area (Å²) in [5.41, 5.74) is 5.26. The SMILES string of the molecule is Clc1ccccc1NN=C1CCCCCCC1. The van der Waals surface area contributed by atoms with Crippen molar-refractivity contribution in [1.82, 2.24) is 0 Å². The first-order valence-electron chi connectivity index (χ1n) is 6.42. The number of anilines is 1. The molecule has 0 atom stereocenters. The molecule has 2 nitrogen and oxygen atoms in total. The zero-order valence-electron chi connectivity index (χ0n) is 10.1. The summed E-state index contributed by atoms with van der Waals surface area (Å²) in [6.45, 7) is 0. The van der Waals surface area contributed by atoms with Gasteiger partial charge in [0.05, 0.1) is 10.7 Å². The van der Waals surface area contributed by atoms with Crippen LogP contribution in [0, 0.1) is 0 Å². The molecule has 1 N–H and O–H groups in total. The van der Waals surface area contributed by atoms with E-state index < -0.39 is 0 Å². The normalized spacial score (nSPS) is 17.1. The van der Waals surface area contributed by atoms with Crippen molar-refractivity contribution in [1.29, 1.82) is 0 Å². The summed E-state index contributed by atoms with van der Waals surface area (Å²) in [6.07, 6.45) is 8.84. The molecule has 3 heteroatoms. The molecule has 1 aliphatic rings. The van der Waals surface area contributed by atoms with Gasteiger partial charge in [0, 0.05) is 5.71 Å². The van der Waals surface area contributed by atoms with Gasteiger partial charge in [-0.15, -0.1) is 0 Å². The minimum atomic E-state index is 0.725. The average molecular weight is 251 g/mol. The molecule has 1 aromatic carbocycles. The number of rotatable bonds is 2. The minimum absolute atomic E-state index is 0.725. The molecule has 0 heterocycles. The van der Waals surface area contributed by atoms with Gasteiger partial charge in [0.1, 0.15) is 0 Å². The number of hydrogen-bond donors (Lipinski definition) is 1. The van der Waals surface area contributed by atoms with E-state index in [1.54, 1.807) is 0 Å². The number of nitrogens with zero attached hydrogens (tertiary/aromatic N) is 1. The Labute approximate surface area is 108 Å². The second-order valence-electron chi connectivity index (χ2n) is 4.54. The Balaban J connectivity index is 1.96. The summed E-state index contributed by atoms with van der Waals surface area (Å²) < 4.78 is 0. The summed E-state index contributed by atoms with van der Waals surface area (Å²) in [6, 6.07) is 7.72. The predicted molar refractivity (Wildman–Crippen MR) is 74.8 cm³/mol. The third-order valence-corrected chi connectivity index (χ3v) is 3.47. The highest BCUT2D eigenvalue weighted by Crippen LogP contribution is 2.21. The molecule has 17 heavy (non-hydrogen) atoms. The topological polar surface area (TPSA) is 24.4 Å². The lowest BCUT2D eigenvalue weighted by molar-refractivity contribution is 0.606. The number of halogens is 1. The molecule has 0 bridgehead atoms. The van der Waals surface area contributed by atoms with Crippen LogP contribution < -0.4 is 5.43 Å². The maximum absolute atomic E-state index is 6.07. The highest BCUT2D eigenvalue weighted by Gasteiger charge is 2.05. The minimum Gasteiger partial charge on any atom is -0.277 e. The van der Waals surface area contributed by atoms with Crippen LogP contribution in [0.25, 0.3) is 0 Å². The summed E-state index contributed by atoms with van der Waals surface area (Å²) in [4.78, 5) is 0. The third kappa shape index (κ3) is 4.04. The molecule has 2 rings (SSSR count). The van der Waals surface area contributed by atoms with E-state index in [0.717, 1.165) is 23.6 Å². The van der Waals surface area contributed by atoms with Crippen LogP contribution in [-0.2, 0) is 0 Å². The van der Waals surface area contributed by atoms with Gasteiger partial charge >= 0.3 is 0 Å². The molecular weight excluding hydrogens is 232 g/mol. The van der Waals surface area contributed by atoms with Gasteiger partial charge in [0.2, 0.25) is 0 Å². The molecule has 0 aliphatic heterocycles. The first kappa shape index (κ1) is 12.4. The van der Waals surface area contributed by atoms with Gasteiger partial charge in [-0.1, -0.05) is 43.0 Å². The Morgan fingerprint density at radius 3 is 2.29 bits per heavy atom. The zero-order chi connectivity index (χ0) is 11.9. The van der Waals surface area contributed by atoms with Crippen LogP contribution in [0.5, 0.6) is 0 Å². The number of nitrogens with one attached hydrogen (secondary N) is 1. The predicted octanol–water partition coefficient (Wildman–Crippen LogP) is 4.85. The standard InChI is InChI=1S/C14H19ClN2/c15-13-10-6-7-11-14(13)17-16-12-8-4-2-1-3-5-9-12/h6-7,10-11,17H,1-5,8-9H2. The van der Waals surface area contributed by atoms with E-state index in [2.05, 4.69) is 10.5 Å². The number of para-hydroxylation sites is 1. The highest BCUT2D eigenvalue weighted by atomic mass is 35.5. The van der Waals surface area contributed by atoms with E-state index in [9.17, 15) is 0 Å². The molecule has 1 aliphatic carbocycles. The lowest BCUT2D eigenvalue weighted by Gasteiger charge is -2.11. The van der Waals surface area contributed by atoms with Crippen molar-refractivity contribution in [2.75, 3.05) is 5.43 Å². The van der Waals surface area contributed by atoms with Crippen molar-refractivity contribution in [3.8, 4) is 0 Å². The van der Waals surface area contributed by atoms with Gasteiger partial charge in [0.25, 0.3) is 0 Å². The molecule has 0 spiro atoms. The molecule has 0 unspecified atom stereocenters. The van der Waals surface area contributed by atoms with E-state index in [1.165, 1.54) is 37.8 Å². The Morgan fingerprint density at radius 1 is 0.941 bits per heavy atom. The van der Waals surface area contributed by atoms with Crippen LogP contribution in [0.15, 0.2) is 29.4 Å². The Kier molecular flexibility index (Phi) is 4.87. The Hall–Kier alpha value is -1.02. The van der Waals surface area contributed by atoms with Gasteiger partial charge in [-0.05, 0) is 37.8 Å². The van der Waals surface area contributed by atoms with E-state index in [4.69, 9.17) is 11.6 Å². The van der Waals surface area contributed by atoms with Crippen LogP contribution in [0.4, 0.5) is 5.69 Å². The largest absolute Gasteiger partial charge is 0.277 e. The molecule has 0 aromatic heterocycles. The van der Waals surface area contributed by atoms with Gasteiger partial charge in [-0.2, -0.15) is 5.10 Å². The van der Waals surface area contributed by atoms with Crippen molar-refractivity contribution in [3.63, 3.8) is 0 Å². The highest BCUT2D eigenvalue weighted by molar-refractivity contribution is 6.33. The van der Waals surface area contributed by atoms with Crippen LogP contribution >= 0.6 is 11.6 Å². The fourth-order valence-electron chi connectivity index (χ4n) is 2.12. The second kappa shape index (κ2) is 6.65. The Morgan fingerprint density at radius 2 is 1.59 bits per heavy atom. The molecule has 92 valence electrons. The maximum Gasteiger partial charge on any atom is 0.0748 e. The molecule has 1 fully saturated rings. The van der Waals surface area contributed by atoms with E-state index >= 15 is 0 Å². The molecule has 0 radical (unpaired) electrons. The first-order chi connectivity index (χ1) is 8.36. The molecule has 0 saturated heterocycles. The maximum atomic E-state index is 6.07. The summed E-state index contributed by atoms with van der Waals surface area (Å²) in [5.74, 6) is 0. The second-order valence-corrected chi connectivity index (χ2v) is 4.94. The van der Waals surface area contributed by atoms with Crippen molar-refractivity contribution in [3.05, 3.63) is 29.3 Å². The molecule has 1 saturated carbocycles. The molecule has 0 amide bonds. The lowest BCUT2D eigenvalue weighted by atomic mass is 9.99. The zero-order valence-corrected chi connectivity index (χ0v) is 10.8. The van der Waals surface area contributed by atoms with E-state index in [1.807, 2.05) is 24.3 Å². The van der Waals surface area contributed by atoms with Crippen molar-refractivity contribution in [2.24, 2.45) is 5.10 Å². The molecular formula is C14H19ClN2. The lowest BCUT2D eigenvalue weighted by Crippen LogP contribution is -2.05. The van der Waals surface area contributed by atoms with Crippen molar-refractivity contribution >= 4 is 23.0 Å². The number of hydrazone groups is 1. The smallest absolute Gasteiger partial charge is 0.0748 e. The average Bonchev–Trinajstić information content (AvgIpc) is 2.29. The van der Waals surface area contributed by atoms with Crippen LogP contribution in [0.2, 0.25) is 5.02 Å². The van der Waals surface area contributed by atoms with Crippen molar-refractivity contribution in [2.45, 2.75) is 44.9 Å². The van der Waals surface area contributed by atoms with Gasteiger partial charge < -0.3 is 0 Å². The van der Waals surface area contributed by atoms with Crippen LogP contribution in [0.1, 0.15) is 44.9 Å². The van der Waals surface area contributed by atoms with Gasteiger partial charge in [0.15, 0.2) is 0 Å². The first-order valence-corrected chi connectivity index (χ1v) is 6.80. The van der Waals surface area contributed by atoms with E-state index in [0.29, 0.717) is 0 Å². The number of hydrogen-bond acceptors (Lipinski definition) is 2. The fourth-order valence-corrected chi connectivity index (χ4v) is 2.29. The van der Waals surface area contributed by atoms with Gasteiger partial charge in [-0.25, -0.2) is 0 Å². The van der Waals surface area contributed by atoms with Gasteiger partial charge in [-0.3, -0.25) is 5.43 Å². The van der Waals surface area contributed by atoms with E-state index in [-0.39, 0.29) is 0 Å². The Bertz CT molecular complexity index is 378. The van der Waals surface area contributed by atoms with Crippen LogP contribution in [0.3, 0.4) is 0 Å².